The number of nitrogens with one attached hydrogen (secondary N) is 2. The van der Waals surface area contributed by atoms with Crippen LogP contribution in [0.2, 0.25) is 0 Å². The van der Waals surface area contributed by atoms with Gasteiger partial charge in [0.05, 0.1) is 11.3 Å². The minimum Gasteiger partial charge on any atom is -0.478 e. The van der Waals surface area contributed by atoms with E-state index in [9.17, 15) is 9.59 Å². The van der Waals surface area contributed by atoms with Crippen LogP contribution in [-0.2, 0) is 0 Å². The molecule has 6 nitrogen and oxygen atoms in total. The van der Waals surface area contributed by atoms with E-state index in [0.717, 1.165) is 3.57 Å². The first kappa shape index (κ1) is 13.7. The van der Waals surface area contributed by atoms with Gasteiger partial charge < -0.3 is 10.4 Å². The Morgan fingerprint density at radius 1 is 1.32 bits per heavy atom. The molecule has 1 aromatic heterocycles. The molecule has 0 fully saturated rings. The third-order valence-electron chi connectivity index (χ3n) is 2.11. The second-order valence-corrected chi connectivity index (χ2v) is 5.47. The number of urea groups is 1. The van der Waals surface area contributed by atoms with E-state index in [1.165, 1.54) is 23.5 Å². The monoisotopic (exact) mass is 389 g/mol. The molecule has 98 valence electrons. The molecular weight excluding hydrogens is 381 g/mol. The van der Waals surface area contributed by atoms with Crippen molar-refractivity contribution in [2.75, 3.05) is 10.6 Å². The Morgan fingerprint density at radius 2 is 2.11 bits per heavy atom. The van der Waals surface area contributed by atoms with E-state index in [1.54, 1.807) is 17.6 Å². The summed E-state index contributed by atoms with van der Waals surface area (Å²) in [4.78, 5) is 26.5. The van der Waals surface area contributed by atoms with Gasteiger partial charge in [0.2, 0.25) is 0 Å². The van der Waals surface area contributed by atoms with Crippen molar-refractivity contribution in [2.45, 2.75) is 0 Å². The van der Waals surface area contributed by atoms with Crippen molar-refractivity contribution < 1.29 is 14.7 Å². The molecule has 1 aromatic carbocycles. The van der Waals surface area contributed by atoms with E-state index in [2.05, 4.69) is 15.6 Å². The van der Waals surface area contributed by atoms with Gasteiger partial charge in [0.25, 0.3) is 0 Å². The van der Waals surface area contributed by atoms with Crippen LogP contribution >= 0.6 is 33.9 Å². The van der Waals surface area contributed by atoms with Gasteiger partial charge in [0.1, 0.15) is 0 Å². The van der Waals surface area contributed by atoms with Gasteiger partial charge in [0.15, 0.2) is 5.13 Å². The maximum Gasteiger partial charge on any atom is 0.335 e. The van der Waals surface area contributed by atoms with E-state index in [-0.39, 0.29) is 5.56 Å². The summed E-state index contributed by atoms with van der Waals surface area (Å²) in [5.74, 6) is -1.04. The normalized spacial score (nSPS) is 9.95. The number of anilines is 2. The van der Waals surface area contributed by atoms with Crippen LogP contribution in [0.5, 0.6) is 0 Å². The Balaban J connectivity index is 2.11. The Morgan fingerprint density at radius 3 is 2.74 bits per heavy atom. The lowest BCUT2D eigenvalue weighted by Crippen LogP contribution is -2.20. The fraction of sp³-hybridized carbons (Fsp3) is 0. The third-order valence-corrected chi connectivity index (χ3v) is 3.74. The molecule has 0 spiro atoms. The molecule has 0 radical (unpaired) electrons. The van der Waals surface area contributed by atoms with Crippen LogP contribution in [-0.4, -0.2) is 22.1 Å². The molecule has 2 amide bonds. The highest BCUT2D eigenvalue weighted by atomic mass is 127. The number of carboxylic acids is 1. The van der Waals surface area contributed by atoms with Crippen LogP contribution in [0.1, 0.15) is 10.4 Å². The van der Waals surface area contributed by atoms with Gasteiger partial charge in [-0.3, -0.25) is 5.32 Å². The molecule has 0 bridgehead atoms. The number of thiazole rings is 1. The third kappa shape index (κ3) is 3.64. The molecule has 2 aromatic rings. The van der Waals surface area contributed by atoms with Crippen molar-refractivity contribution in [3.63, 3.8) is 0 Å². The van der Waals surface area contributed by atoms with Gasteiger partial charge in [-0.1, -0.05) is 0 Å². The molecular formula is C11H8IN3O3S. The number of carboxylic acid groups (broad SMARTS) is 1. The topological polar surface area (TPSA) is 91.3 Å². The standard InChI is InChI=1S/C11H8IN3O3S/c12-7-2-1-6(9(16)17)5-8(7)14-10(18)15-11-13-3-4-19-11/h1-5H,(H,16,17)(H2,13,14,15,18). The summed E-state index contributed by atoms with van der Waals surface area (Å²) in [6.07, 6.45) is 1.58. The van der Waals surface area contributed by atoms with Crippen molar-refractivity contribution in [1.29, 1.82) is 0 Å². The number of benzene rings is 1. The number of amides is 2. The Kier molecular flexibility index (Phi) is 4.32. The zero-order valence-electron chi connectivity index (χ0n) is 9.38. The lowest BCUT2D eigenvalue weighted by atomic mass is 10.2. The first-order valence-electron chi connectivity index (χ1n) is 5.06. The maximum atomic E-state index is 11.7. The van der Waals surface area contributed by atoms with E-state index >= 15 is 0 Å². The predicted octanol–water partition coefficient (Wildman–Crippen LogP) is 3.09. The van der Waals surface area contributed by atoms with Crippen molar-refractivity contribution in [2.24, 2.45) is 0 Å². The first-order chi connectivity index (χ1) is 9.06. The number of hydrogen-bond acceptors (Lipinski definition) is 4. The molecule has 1 heterocycles. The zero-order valence-corrected chi connectivity index (χ0v) is 12.4. The average molecular weight is 389 g/mol. The molecule has 3 N–H and O–H groups in total. The molecule has 0 aliphatic carbocycles. The maximum absolute atomic E-state index is 11.7. The quantitative estimate of drug-likeness (QED) is 0.704. The van der Waals surface area contributed by atoms with Gasteiger partial charge >= 0.3 is 12.0 Å². The molecule has 0 aliphatic heterocycles. The minimum absolute atomic E-state index is 0.116. The molecule has 8 heteroatoms. The second kappa shape index (κ2) is 5.97. The number of halogens is 1. The fourth-order valence-electron chi connectivity index (χ4n) is 1.29. The van der Waals surface area contributed by atoms with Crippen molar-refractivity contribution in [1.82, 2.24) is 4.98 Å². The number of hydrogen-bond donors (Lipinski definition) is 3. The van der Waals surface area contributed by atoms with Crippen LogP contribution < -0.4 is 10.6 Å². The summed E-state index contributed by atoms with van der Waals surface area (Å²) in [6, 6.07) is 4.05. The summed E-state index contributed by atoms with van der Waals surface area (Å²) in [7, 11) is 0. The lowest BCUT2D eigenvalue weighted by molar-refractivity contribution is 0.0697. The van der Waals surface area contributed by atoms with Gasteiger partial charge in [0, 0.05) is 15.1 Å². The van der Waals surface area contributed by atoms with E-state index in [0.29, 0.717) is 10.8 Å². The Bertz CT molecular complexity index is 616. The van der Waals surface area contributed by atoms with E-state index < -0.39 is 12.0 Å². The van der Waals surface area contributed by atoms with Gasteiger partial charge in [-0.2, -0.15) is 0 Å². The number of aromatic carboxylic acids is 1. The fourth-order valence-corrected chi connectivity index (χ4v) is 2.28. The van der Waals surface area contributed by atoms with Crippen molar-refractivity contribution in [3.8, 4) is 0 Å². The smallest absolute Gasteiger partial charge is 0.335 e. The van der Waals surface area contributed by atoms with Gasteiger partial charge in [-0.05, 0) is 40.8 Å². The number of aromatic nitrogens is 1. The number of carbonyl (C=O) groups excluding carboxylic acids is 1. The van der Waals surface area contributed by atoms with Crippen molar-refractivity contribution in [3.05, 3.63) is 38.9 Å². The Labute approximate surface area is 126 Å². The predicted molar refractivity (Wildman–Crippen MR) is 80.9 cm³/mol. The summed E-state index contributed by atoms with van der Waals surface area (Å²) < 4.78 is 0.747. The molecule has 0 aliphatic rings. The summed E-state index contributed by atoms with van der Waals surface area (Å²) in [5, 5.41) is 16.3. The van der Waals surface area contributed by atoms with Crippen LogP contribution in [0.25, 0.3) is 0 Å². The summed E-state index contributed by atoms with van der Waals surface area (Å²) >= 11 is 3.31. The minimum atomic E-state index is -1.04. The van der Waals surface area contributed by atoms with E-state index in [4.69, 9.17) is 5.11 Å². The number of rotatable bonds is 3. The van der Waals surface area contributed by atoms with Gasteiger partial charge in [-0.15, -0.1) is 11.3 Å². The molecule has 0 saturated carbocycles. The molecule has 0 saturated heterocycles. The van der Waals surface area contributed by atoms with Crippen LogP contribution in [0, 0.1) is 3.57 Å². The average Bonchev–Trinajstić information content (AvgIpc) is 2.84. The first-order valence-corrected chi connectivity index (χ1v) is 7.02. The van der Waals surface area contributed by atoms with Crippen LogP contribution in [0.4, 0.5) is 15.6 Å². The SMILES string of the molecule is O=C(Nc1nccs1)Nc1cc(C(=O)O)ccc1I. The largest absolute Gasteiger partial charge is 0.478 e. The van der Waals surface area contributed by atoms with E-state index in [1.807, 2.05) is 22.6 Å². The molecule has 0 unspecified atom stereocenters. The lowest BCUT2D eigenvalue weighted by Gasteiger charge is -2.08. The second-order valence-electron chi connectivity index (χ2n) is 3.42. The summed E-state index contributed by atoms with van der Waals surface area (Å²) in [6.45, 7) is 0. The molecule has 19 heavy (non-hydrogen) atoms. The van der Waals surface area contributed by atoms with Crippen molar-refractivity contribution >= 4 is 56.7 Å². The van der Waals surface area contributed by atoms with Crippen LogP contribution in [0.3, 0.4) is 0 Å². The highest BCUT2D eigenvalue weighted by Gasteiger charge is 2.10. The van der Waals surface area contributed by atoms with Crippen LogP contribution in [0.15, 0.2) is 29.8 Å². The molecule has 0 atom stereocenters. The summed E-state index contributed by atoms with van der Waals surface area (Å²) in [5.41, 5.74) is 0.555. The zero-order chi connectivity index (χ0) is 13.8. The number of nitrogens with zero attached hydrogens (tertiary/aromatic N) is 1. The highest BCUT2D eigenvalue weighted by Crippen LogP contribution is 2.20. The molecule has 2 rings (SSSR count). The number of carbonyl (C=O) groups is 2. The highest BCUT2D eigenvalue weighted by molar-refractivity contribution is 14.1. The Hall–Kier alpha value is -1.68. The van der Waals surface area contributed by atoms with Gasteiger partial charge in [-0.25, -0.2) is 14.6 Å².